The van der Waals surface area contributed by atoms with Crippen molar-refractivity contribution >= 4 is 5.78 Å². The largest absolute Gasteiger partial charge is 1.00 e. The lowest BCUT2D eigenvalue weighted by Crippen LogP contribution is -3.00. The third kappa shape index (κ3) is 9.36. The molecule has 0 fully saturated rings. The smallest absolute Gasteiger partial charge is 0.164 e. The van der Waals surface area contributed by atoms with Crippen LogP contribution in [0.25, 0.3) is 0 Å². The van der Waals surface area contributed by atoms with Crippen molar-refractivity contribution < 1.29 is 27.6 Å². The third-order valence-electron chi connectivity index (χ3n) is 5.70. The van der Waals surface area contributed by atoms with E-state index in [9.17, 15) is 9.90 Å². The number of nitrogens with two attached hydrogens (primary N) is 1. The number of rotatable bonds is 7. The molecule has 1 aromatic rings. The molecule has 0 saturated heterocycles. The lowest BCUT2D eigenvalue weighted by molar-refractivity contribution is -0.693. The predicted octanol–water partition coefficient (Wildman–Crippen LogP) is 1.48. The molecule has 0 heterocycles. The first-order chi connectivity index (χ1) is 13.2. The number of carbonyl (C=O) groups excluding carboxylic acids is 1. The summed E-state index contributed by atoms with van der Waals surface area (Å²) in [6, 6.07) is 9.81. The van der Waals surface area contributed by atoms with Gasteiger partial charge in [0, 0.05) is 0 Å². The van der Waals surface area contributed by atoms with Gasteiger partial charge in [0.05, 0.1) is 13.0 Å². The van der Waals surface area contributed by atoms with Gasteiger partial charge in [-0.2, -0.15) is 0 Å². The second-order valence-corrected chi connectivity index (χ2v) is 8.01. The number of hydrogen-bond donors (Lipinski definition) is 2. The Bertz CT molecular complexity index is 573. The van der Waals surface area contributed by atoms with Crippen LogP contribution in [-0.4, -0.2) is 23.5 Å². The maximum atomic E-state index is 12.7. The van der Waals surface area contributed by atoms with E-state index in [0.717, 1.165) is 36.9 Å². The average Bonchev–Trinajstić information content (AvgIpc) is 2.68. The van der Waals surface area contributed by atoms with Gasteiger partial charge in [-0.05, 0) is 43.7 Å². The SMILES string of the molecule is CC([NH2+]CCC(=O)/C1=C/CCCCCCCCCC1)C(O)c1ccccc1.[Cl-]. The Morgan fingerprint density at radius 2 is 1.61 bits per heavy atom. The average molecular weight is 408 g/mol. The van der Waals surface area contributed by atoms with Gasteiger partial charge >= 0.3 is 0 Å². The normalized spacial score (nSPS) is 20.4. The topological polar surface area (TPSA) is 53.9 Å². The lowest BCUT2D eigenvalue weighted by atomic mass is 9.97. The van der Waals surface area contributed by atoms with Crippen LogP contribution in [0.1, 0.15) is 89.2 Å². The molecule has 0 radical (unpaired) electrons. The van der Waals surface area contributed by atoms with Crippen LogP contribution in [0.4, 0.5) is 0 Å². The van der Waals surface area contributed by atoms with Crippen LogP contribution < -0.4 is 17.7 Å². The number of benzene rings is 1. The number of carbonyl (C=O) groups is 1. The molecule has 158 valence electrons. The van der Waals surface area contributed by atoms with E-state index in [1.807, 2.05) is 37.3 Å². The summed E-state index contributed by atoms with van der Waals surface area (Å²) in [5.74, 6) is 0.310. The Labute approximate surface area is 177 Å². The molecular weight excluding hydrogens is 370 g/mol. The van der Waals surface area contributed by atoms with Crippen molar-refractivity contribution in [2.45, 2.75) is 89.7 Å². The van der Waals surface area contributed by atoms with Crippen LogP contribution in [0.2, 0.25) is 0 Å². The molecule has 3 nitrogen and oxygen atoms in total. The Kier molecular flexibility index (Phi) is 13.1. The number of ketones is 1. The van der Waals surface area contributed by atoms with Gasteiger partial charge in [0.2, 0.25) is 0 Å². The minimum Gasteiger partial charge on any atom is -1.00 e. The van der Waals surface area contributed by atoms with E-state index < -0.39 is 6.10 Å². The molecule has 0 aromatic heterocycles. The molecule has 2 rings (SSSR count). The molecule has 3 N–H and O–H groups in total. The van der Waals surface area contributed by atoms with Gasteiger partial charge in [-0.15, -0.1) is 0 Å². The summed E-state index contributed by atoms with van der Waals surface area (Å²) in [6.07, 6.45) is 14.5. The number of allylic oxidation sites excluding steroid dienone is 2. The molecule has 2 atom stereocenters. The Balaban J connectivity index is 0.00000392. The first-order valence-electron chi connectivity index (χ1n) is 11.0. The fraction of sp³-hybridized carbons (Fsp3) is 0.625. The Morgan fingerprint density at radius 3 is 2.29 bits per heavy atom. The van der Waals surface area contributed by atoms with E-state index in [4.69, 9.17) is 0 Å². The number of halogens is 1. The van der Waals surface area contributed by atoms with Crippen molar-refractivity contribution in [1.82, 2.24) is 0 Å². The molecule has 0 spiro atoms. The number of aliphatic hydroxyl groups excluding tert-OH is 1. The van der Waals surface area contributed by atoms with Crippen LogP contribution in [0, 0.1) is 0 Å². The molecule has 4 heteroatoms. The van der Waals surface area contributed by atoms with Crippen molar-refractivity contribution in [3.63, 3.8) is 0 Å². The van der Waals surface area contributed by atoms with Crippen molar-refractivity contribution in [3.8, 4) is 0 Å². The molecular formula is C24H38ClNO2. The van der Waals surface area contributed by atoms with Crippen molar-refractivity contribution in [3.05, 3.63) is 47.5 Å². The standard InChI is InChI=1S/C24H37NO2.ClH/c1-20(24(27)22-16-12-9-13-17-22)25-19-18-23(26)21-14-10-7-5-3-2-4-6-8-11-15-21;/h9,12-14,16-17,20,24-25,27H,2-8,10-11,15,18-19H2,1H3;1H/b21-14+;. The highest BCUT2D eigenvalue weighted by molar-refractivity contribution is 5.95. The molecule has 0 aliphatic heterocycles. The molecule has 0 amide bonds. The van der Waals surface area contributed by atoms with Gasteiger partial charge in [0.25, 0.3) is 0 Å². The fourth-order valence-electron chi connectivity index (χ4n) is 3.87. The van der Waals surface area contributed by atoms with Crippen LogP contribution in [0.5, 0.6) is 0 Å². The van der Waals surface area contributed by atoms with Gasteiger partial charge < -0.3 is 22.8 Å². The van der Waals surface area contributed by atoms with Crippen LogP contribution >= 0.6 is 0 Å². The number of quaternary nitrogens is 1. The summed E-state index contributed by atoms with van der Waals surface area (Å²) < 4.78 is 0. The molecule has 0 bridgehead atoms. The minimum absolute atomic E-state index is 0. The second-order valence-electron chi connectivity index (χ2n) is 8.01. The maximum Gasteiger partial charge on any atom is 0.164 e. The molecule has 1 aromatic carbocycles. The van der Waals surface area contributed by atoms with Crippen molar-refractivity contribution in [1.29, 1.82) is 0 Å². The zero-order valence-corrected chi connectivity index (χ0v) is 18.2. The summed E-state index contributed by atoms with van der Waals surface area (Å²) in [5, 5.41) is 12.6. The van der Waals surface area contributed by atoms with Crippen LogP contribution in [0.15, 0.2) is 42.0 Å². The third-order valence-corrected chi connectivity index (χ3v) is 5.70. The van der Waals surface area contributed by atoms with Crippen LogP contribution in [-0.2, 0) is 4.79 Å². The number of hydrogen-bond acceptors (Lipinski definition) is 2. The highest BCUT2D eigenvalue weighted by atomic mass is 35.5. The predicted molar refractivity (Wildman–Crippen MR) is 112 cm³/mol. The maximum absolute atomic E-state index is 12.7. The summed E-state index contributed by atoms with van der Waals surface area (Å²) >= 11 is 0. The van der Waals surface area contributed by atoms with E-state index in [-0.39, 0.29) is 18.4 Å². The van der Waals surface area contributed by atoms with Gasteiger partial charge in [0.15, 0.2) is 5.78 Å². The lowest BCUT2D eigenvalue weighted by Gasteiger charge is -2.18. The Hall–Kier alpha value is -1.16. The molecule has 2 unspecified atom stereocenters. The van der Waals surface area contributed by atoms with E-state index in [1.54, 1.807) is 0 Å². The second kappa shape index (κ2) is 14.8. The molecule has 0 saturated carbocycles. The summed E-state index contributed by atoms with van der Waals surface area (Å²) in [7, 11) is 0. The minimum atomic E-state index is -0.498. The van der Waals surface area contributed by atoms with E-state index >= 15 is 0 Å². The zero-order chi connectivity index (χ0) is 19.3. The number of Topliss-reactive ketones (excluding diaryl/α,β-unsaturated/α-hetero) is 1. The van der Waals surface area contributed by atoms with Gasteiger partial charge in [-0.3, -0.25) is 4.79 Å². The highest BCUT2D eigenvalue weighted by Crippen LogP contribution is 2.18. The van der Waals surface area contributed by atoms with E-state index in [1.165, 1.54) is 44.9 Å². The molecule has 28 heavy (non-hydrogen) atoms. The van der Waals surface area contributed by atoms with Gasteiger partial charge in [-0.1, -0.05) is 74.9 Å². The van der Waals surface area contributed by atoms with Crippen LogP contribution in [0.3, 0.4) is 0 Å². The van der Waals surface area contributed by atoms with Gasteiger partial charge in [-0.25, -0.2) is 0 Å². The monoisotopic (exact) mass is 407 g/mol. The first kappa shape index (κ1) is 24.9. The van der Waals surface area contributed by atoms with E-state index in [0.29, 0.717) is 12.2 Å². The van der Waals surface area contributed by atoms with Crippen molar-refractivity contribution in [2.75, 3.05) is 6.54 Å². The summed E-state index contributed by atoms with van der Waals surface area (Å²) in [5.41, 5.74) is 2.00. The summed E-state index contributed by atoms with van der Waals surface area (Å²) in [4.78, 5) is 12.7. The summed E-state index contributed by atoms with van der Waals surface area (Å²) in [6.45, 7) is 2.76. The fourth-order valence-corrected chi connectivity index (χ4v) is 3.87. The van der Waals surface area contributed by atoms with E-state index in [2.05, 4.69) is 11.4 Å². The quantitative estimate of drug-likeness (QED) is 0.719. The molecule has 1 aliphatic rings. The first-order valence-corrected chi connectivity index (χ1v) is 11.0. The zero-order valence-electron chi connectivity index (χ0n) is 17.4. The van der Waals surface area contributed by atoms with Gasteiger partial charge in [0.1, 0.15) is 12.1 Å². The van der Waals surface area contributed by atoms with Crippen molar-refractivity contribution in [2.24, 2.45) is 0 Å². The number of aliphatic hydroxyl groups is 1. The highest BCUT2D eigenvalue weighted by Gasteiger charge is 2.19. The molecule has 1 aliphatic carbocycles. The Morgan fingerprint density at radius 1 is 1.00 bits per heavy atom.